The molecular formula is C11H10N3NaO8S2. The number of nitrogens with zero attached hydrogens (tertiary/aromatic N) is 2. The molecule has 2 rings (SSSR count). The van der Waals surface area contributed by atoms with Gasteiger partial charge in [-0.15, -0.1) is 0 Å². The van der Waals surface area contributed by atoms with E-state index in [4.69, 9.17) is 4.55 Å². The molecule has 1 aliphatic rings. The van der Waals surface area contributed by atoms with Crippen molar-refractivity contribution in [3.05, 3.63) is 18.2 Å². The van der Waals surface area contributed by atoms with Gasteiger partial charge in [0.1, 0.15) is 20.7 Å². The van der Waals surface area contributed by atoms with Crippen LogP contribution in [0.25, 0.3) is 0 Å². The van der Waals surface area contributed by atoms with E-state index in [1.807, 2.05) is 5.32 Å². The second kappa shape index (κ2) is 7.49. The number of benzene rings is 1. The first-order valence-electron chi connectivity index (χ1n) is 6.12. The van der Waals surface area contributed by atoms with Gasteiger partial charge in [-0.05, 0) is 18.2 Å². The summed E-state index contributed by atoms with van der Waals surface area (Å²) in [7, 11) is -8.44. The number of carbonyl (C=O) groups is 2. The van der Waals surface area contributed by atoms with E-state index in [2.05, 4.69) is 5.10 Å². The Hall–Kier alpha value is -1.35. The third-order valence-electron chi connectivity index (χ3n) is 2.98. The Morgan fingerprint density at radius 1 is 1.32 bits per heavy atom. The largest absolute Gasteiger partial charge is 1.00 e. The molecule has 0 spiro atoms. The van der Waals surface area contributed by atoms with E-state index >= 15 is 0 Å². The summed E-state index contributed by atoms with van der Waals surface area (Å²) in [5.74, 6) is -1.47. The van der Waals surface area contributed by atoms with Gasteiger partial charge in [-0.1, -0.05) is 0 Å². The zero-order valence-corrected chi connectivity index (χ0v) is 16.6. The number of anilines is 1. The Bertz CT molecular complexity index is 971. The third-order valence-corrected chi connectivity index (χ3v) is 4.72. The minimum atomic E-state index is -4.93. The molecule has 130 valence electrons. The maximum atomic E-state index is 12.0. The number of hydrogen-bond acceptors (Lipinski definition) is 8. The van der Waals surface area contributed by atoms with E-state index in [1.54, 1.807) is 0 Å². The van der Waals surface area contributed by atoms with Crippen LogP contribution in [-0.2, 0) is 29.8 Å². The molecule has 0 fully saturated rings. The van der Waals surface area contributed by atoms with Crippen molar-refractivity contribution in [3.8, 4) is 0 Å². The molecule has 2 amide bonds. The van der Waals surface area contributed by atoms with Crippen LogP contribution in [0.4, 0.5) is 5.69 Å². The van der Waals surface area contributed by atoms with Crippen LogP contribution >= 0.6 is 0 Å². The summed E-state index contributed by atoms with van der Waals surface area (Å²) in [5, 5.41) is 6.55. The molecule has 2 N–H and O–H groups in total. The first-order chi connectivity index (χ1) is 10.9. The van der Waals surface area contributed by atoms with Crippen molar-refractivity contribution < 1.29 is 65.1 Å². The zero-order valence-electron chi connectivity index (χ0n) is 13.0. The molecule has 1 aliphatic heterocycles. The van der Waals surface area contributed by atoms with Gasteiger partial charge >= 0.3 is 29.6 Å². The number of nitrogens with one attached hydrogen (secondary N) is 1. The molecule has 1 aromatic carbocycles. The molecule has 0 aromatic heterocycles. The van der Waals surface area contributed by atoms with Crippen molar-refractivity contribution >= 4 is 43.4 Å². The van der Waals surface area contributed by atoms with E-state index in [-0.39, 0.29) is 41.7 Å². The quantitative estimate of drug-likeness (QED) is 0.380. The molecular weight excluding hydrogens is 389 g/mol. The fourth-order valence-electron chi connectivity index (χ4n) is 1.84. The van der Waals surface area contributed by atoms with Crippen molar-refractivity contribution in [1.29, 1.82) is 0 Å². The summed E-state index contributed by atoms with van der Waals surface area (Å²) >= 11 is 0. The van der Waals surface area contributed by atoms with Crippen LogP contribution in [0.3, 0.4) is 0 Å². The van der Waals surface area contributed by atoms with Crippen LogP contribution < -0.4 is 34.9 Å². The van der Waals surface area contributed by atoms with Crippen LogP contribution in [0, 0.1) is 0 Å². The van der Waals surface area contributed by atoms with Gasteiger partial charge in [-0.2, -0.15) is 13.5 Å². The second-order valence-electron chi connectivity index (χ2n) is 4.68. The molecule has 14 heteroatoms. The van der Waals surface area contributed by atoms with Gasteiger partial charge in [-0.3, -0.25) is 14.1 Å². The van der Waals surface area contributed by atoms with Crippen LogP contribution in [0.15, 0.2) is 33.1 Å². The predicted molar refractivity (Wildman–Crippen MR) is 77.7 cm³/mol. The SMILES string of the molecule is CN1N=C(C(=O)Nc2cc(S(=O)(=O)[O-])ccc2S(=O)(=O)O)CC1=O.[Na+]. The van der Waals surface area contributed by atoms with Gasteiger partial charge in [0.25, 0.3) is 16.0 Å². The molecule has 0 bridgehead atoms. The van der Waals surface area contributed by atoms with Crippen LogP contribution in [-0.4, -0.2) is 55.5 Å². The molecule has 25 heavy (non-hydrogen) atoms. The fourth-order valence-corrected chi connectivity index (χ4v) is 2.96. The molecule has 1 aromatic rings. The number of hydrazone groups is 1. The second-order valence-corrected chi connectivity index (χ2v) is 7.45. The number of rotatable bonds is 4. The van der Waals surface area contributed by atoms with Gasteiger partial charge in [0.2, 0.25) is 5.91 Å². The maximum Gasteiger partial charge on any atom is 1.00 e. The summed E-state index contributed by atoms with van der Waals surface area (Å²) in [6.07, 6.45) is -0.344. The monoisotopic (exact) mass is 399 g/mol. The van der Waals surface area contributed by atoms with E-state index in [9.17, 15) is 31.0 Å². The summed E-state index contributed by atoms with van der Waals surface area (Å²) < 4.78 is 64.8. The number of hydrogen-bond donors (Lipinski definition) is 2. The zero-order chi connectivity index (χ0) is 18.3. The van der Waals surface area contributed by atoms with Crippen molar-refractivity contribution in [1.82, 2.24) is 5.01 Å². The minimum Gasteiger partial charge on any atom is -0.744 e. The molecule has 0 radical (unpaired) electrons. The molecule has 0 atom stereocenters. The molecule has 0 aliphatic carbocycles. The molecule has 1 heterocycles. The van der Waals surface area contributed by atoms with Crippen molar-refractivity contribution in [2.24, 2.45) is 5.10 Å². The summed E-state index contributed by atoms with van der Waals surface area (Å²) in [4.78, 5) is 21.7. The Kier molecular flexibility index (Phi) is 6.50. The normalized spacial score (nSPS) is 14.8. The van der Waals surface area contributed by atoms with E-state index < -0.39 is 47.5 Å². The van der Waals surface area contributed by atoms with Crippen molar-refractivity contribution in [3.63, 3.8) is 0 Å². The standard InChI is InChI=1S/C11H11N3O8S2.Na/c1-14-10(15)5-8(13-14)11(16)12-7-4-6(23(17,18)19)2-3-9(7)24(20,21)22;/h2-4H,5H2,1H3,(H,12,16)(H,17,18,19)(H,20,21,22);/q;+1/p-1. The van der Waals surface area contributed by atoms with Crippen molar-refractivity contribution in [2.75, 3.05) is 12.4 Å². The third kappa shape index (κ3) is 5.07. The van der Waals surface area contributed by atoms with E-state index in [1.165, 1.54) is 7.05 Å². The van der Waals surface area contributed by atoms with E-state index in [0.29, 0.717) is 18.2 Å². The van der Waals surface area contributed by atoms with Crippen LogP contribution in [0.2, 0.25) is 0 Å². The summed E-state index contributed by atoms with van der Waals surface area (Å²) in [6.45, 7) is 0. The summed E-state index contributed by atoms with van der Waals surface area (Å²) in [5.41, 5.74) is -0.886. The number of carbonyl (C=O) groups excluding carboxylic acids is 2. The Morgan fingerprint density at radius 2 is 1.92 bits per heavy atom. The summed E-state index contributed by atoms with van der Waals surface area (Å²) in [6, 6.07) is 1.92. The van der Waals surface area contributed by atoms with Crippen molar-refractivity contribution in [2.45, 2.75) is 16.2 Å². The first kappa shape index (κ1) is 21.7. The first-order valence-corrected chi connectivity index (χ1v) is 8.97. The fraction of sp³-hybridized carbons (Fsp3) is 0.182. The van der Waals surface area contributed by atoms with Gasteiger partial charge < -0.3 is 9.87 Å². The molecule has 0 saturated carbocycles. The van der Waals surface area contributed by atoms with Gasteiger partial charge in [-0.25, -0.2) is 13.4 Å². The van der Waals surface area contributed by atoms with Gasteiger partial charge in [0, 0.05) is 7.05 Å². The van der Waals surface area contributed by atoms with Gasteiger partial charge in [0.15, 0.2) is 0 Å². The Balaban J connectivity index is 0.00000312. The van der Waals surface area contributed by atoms with Crippen LogP contribution in [0.5, 0.6) is 0 Å². The van der Waals surface area contributed by atoms with Gasteiger partial charge in [0.05, 0.1) is 17.0 Å². The van der Waals surface area contributed by atoms with Crippen LogP contribution in [0.1, 0.15) is 6.42 Å². The van der Waals surface area contributed by atoms with E-state index in [0.717, 1.165) is 5.01 Å². The smallest absolute Gasteiger partial charge is 0.744 e. The Morgan fingerprint density at radius 3 is 2.36 bits per heavy atom. The number of amides is 2. The molecule has 11 nitrogen and oxygen atoms in total. The molecule has 0 saturated heterocycles. The maximum absolute atomic E-state index is 12.0. The average Bonchev–Trinajstić information content (AvgIpc) is 2.76. The minimum absolute atomic E-state index is 0. The molecule has 0 unspecified atom stereocenters. The average molecular weight is 399 g/mol. The predicted octanol–water partition coefficient (Wildman–Crippen LogP) is -4.00. The topological polar surface area (TPSA) is 173 Å². The Labute approximate surface area is 164 Å².